The number of nitriles is 1. The lowest BCUT2D eigenvalue weighted by Gasteiger charge is -2.15. The van der Waals surface area contributed by atoms with Crippen molar-refractivity contribution in [2.45, 2.75) is 13.5 Å². The topological polar surface area (TPSA) is 71.3 Å². The van der Waals surface area contributed by atoms with Gasteiger partial charge in [0.2, 0.25) is 0 Å². The van der Waals surface area contributed by atoms with E-state index in [1.807, 2.05) is 6.07 Å². The minimum Gasteiger partial charge on any atom is -0.490 e. The van der Waals surface area contributed by atoms with Gasteiger partial charge in [-0.05, 0) is 66.6 Å². The zero-order chi connectivity index (χ0) is 24.7. The smallest absolute Gasteiger partial charge is 0.266 e. The SMILES string of the molecule is CCOc1cc(/C=C(\C#N)C(=O)Nc2ccc(Cl)c(Cl)c2)cc(Cl)c1OCc1cccc(F)c1. The van der Waals surface area contributed by atoms with Crippen LogP contribution in [0.3, 0.4) is 0 Å². The van der Waals surface area contributed by atoms with Crippen LogP contribution in [0.25, 0.3) is 6.08 Å². The maximum absolute atomic E-state index is 13.4. The number of halogens is 4. The standard InChI is InChI=1S/C25H18Cl3FN2O3/c1-2-33-23-11-16(10-22(28)24(23)34-14-15-4-3-5-18(29)9-15)8-17(13-30)25(32)31-19-6-7-20(26)21(27)12-19/h3-12H,2,14H2,1H3,(H,31,32)/b17-8+. The highest BCUT2D eigenvalue weighted by Gasteiger charge is 2.15. The fourth-order valence-corrected chi connectivity index (χ4v) is 3.52. The Morgan fingerprint density at radius 1 is 1.06 bits per heavy atom. The summed E-state index contributed by atoms with van der Waals surface area (Å²) in [5.41, 5.74) is 1.29. The van der Waals surface area contributed by atoms with Gasteiger partial charge in [0.05, 0.1) is 21.7 Å². The zero-order valence-corrected chi connectivity index (χ0v) is 20.1. The van der Waals surface area contributed by atoms with E-state index < -0.39 is 5.91 Å². The lowest BCUT2D eigenvalue weighted by Crippen LogP contribution is -2.13. The maximum atomic E-state index is 13.4. The molecule has 0 aliphatic heterocycles. The molecule has 0 heterocycles. The van der Waals surface area contributed by atoms with E-state index in [1.54, 1.807) is 31.2 Å². The number of hydrogen-bond donors (Lipinski definition) is 1. The van der Waals surface area contributed by atoms with Crippen LogP contribution in [0.4, 0.5) is 10.1 Å². The summed E-state index contributed by atoms with van der Waals surface area (Å²) in [6.45, 7) is 2.18. The van der Waals surface area contributed by atoms with E-state index in [1.165, 1.54) is 36.4 Å². The molecule has 0 unspecified atom stereocenters. The van der Waals surface area contributed by atoms with Crippen LogP contribution in [0.1, 0.15) is 18.1 Å². The second kappa shape index (κ2) is 11.8. The van der Waals surface area contributed by atoms with E-state index in [9.17, 15) is 14.4 Å². The summed E-state index contributed by atoms with van der Waals surface area (Å²) in [6, 6.07) is 15.6. The first kappa shape index (κ1) is 25.4. The van der Waals surface area contributed by atoms with Crippen LogP contribution in [0, 0.1) is 17.1 Å². The number of hydrogen-bond acceptors (Lipinski definition) is 4. The molecule has 0 bridgehead atoms. The lowest BCUT2D eigenvalue weighted by molar-refractivity contribution is -0.112. The predicted octanol–water partition coefficient (Wildman–Crippen LogP) is 7.31. The van der Waals surface area contributed by atoms with Crippen molar-refractivity contribution in [1.82, 2.24) is 0 Å². The summed E-state index contributed by atoms with van der Waals surface area (Å²) in [7, 11) is 0. The van der Waals surface area contributed by atoms with Crippen LogP contribution in [0.5, 0.6) is 11.5 Å². The minimum absolute atomic E-state index is 0.0717. The molecule has 0 saturated carbocycles. The van der Waals surface area contributed by atoms with Crippen LogP contribution in [-0.4, -0.2) is 12.5 Å². The Kier molecular flexibility index (Phi) is 8.78. The van der Waals surface area contributed by atoms with Crippen molar-refractivity contribution in [3.8, 4) is 17.6 Å². The number of amides is 1. The number of anilines is 1. The number of carbonyl (C=O) groups excluding carboxylic acids is 1. The van der Waals surface area contributed by atoms with Gasteiger partial charge in [0, 0.05) is 5.69 Å². The second-order valence-electron chi connectivity index (χ2n) is 6.93. The average molecular weight is 520 g/mol. The third-order valence-corrected chi connectivity index (χ3v) is 5.48. The van der Waals surface area contributed by atoms with Crippen molar-refractivity contribution >= 4 is 52.5 Å². The van der Waals surface area contributed by atoms with Crippen LogP contribution in [0.15, 0.2) is 60.2 Å². The largest absolute Gasteiger partial charge is 0.490 e. The fourth-order valence-electron chi connectivity index (χ4n) is 2.94. The maximum Gasteiger partial charge on any atom is 0.266 e. The molecule has 0 radical (unpaired) electrons. The Morgan fingerprint density at radius 2 is 1.85 bits per heavy atom. The molecular formula is C25H18Cl3FN2O3. The van der Waals surface area contributed by atoms with Crippen LogP contribution in [0.2, 0.25) is 15.1 Å². The van der Waals surface area contributed by atoms with Gasteiger partial charge in [-0.1, -0.05) is 46.9 Å². The van der Waals surface area contributed by atoms with Gasteiger partial charge in [-0.25, -0.2) is 4.39 Å². The summed E-state index contributed by atoms with van der Waals surface area (Å²) >= 11 is 18.3. The van der Waals surface area contributed by atoms with E-state index in [0.29, 0.717) is 34.2 Å². The summed E-state index contributed by atoms with van der Waals surface area (Å²) in [5, 5.41) is 12.9. The van der Waals surface area contributed by atoms with Gasteiger partial charge in [-0.2, -0.15) is 5.26 Å². The molecule has 1 amide bonds. The van der Waals surface area contributed by atoms with Crippen molar-refractivity contribution in [1.29, 1.82) is 5.26 Å². The molecule has 0 atom stereocenters. The fraction of sp³-hybridized carbons (Fsp3) is 0.120. The zero-order valence-electron chi connectivity index (χ0n) is 17.9. The molecule has 0 spiro atoms. The van der Waals surface area contributed by atoms with Crippen molar-refractivity contribution in [3.63, 3.8) is 0 Å². The van der Waals surface area contributed by atoms with E-state index in [4.69, 9.17) is 44.3 Å². The first-order valence-corrected chi connectivity index (χ1v) is 11.2. The van der Waals surface area contributed by atoms with Gasteiger partial charge < -0.3 is 14.8 Å². The molecule has 3 rings (SSSR count). The Labute approximate surface area is 211 Å². The third kappa shape index (κ3) is 6.64. The molecular weight excluding hydrogens is 502 g/mol. The lowest BCUT2D eigenvalue weighted by atomic mass is 10.1. The Hall–Kier alpha value is -3.24. The first-order chi connectivity index (χ1) is 16.3. The molecule has 0 aliphatic rings. The summed E-state index contributed by atoms with van der Waals surface area (Å²) in [4.78, 5) is 12.6. The molecule has 9 heteroatoms. The van der Waals surface area contributed by atoms with Crippen LogP contribution < -0.4 is 14.8 Å². The van der Waals surface area contributed by atoms with Gasteiger partial charge in [0.1, 0.15) is 24.1 Å². The van der Waals surface area contributed by atoms with Crippen molar-refractivity contribution < 1.29 is 18.7 Å². The molecule has 174 valence electrons. The number of nitrogens with zero attached hydrogens (tertiary/aromatic N) is 1. The molecule has 1 N–H and O–H groups in total. The van der Waals surface area contributed by atoms with Gasteiger partial charge >= 0.3 is 0 Å². The predicted molar refractivity (Wildman–Crippen MR) is 132 cm³/mol. The molecule has 0 saturated heterocycles. The highest BCUT2D eigenvalue weighted by Crippen LogP contribution is 2.38. The number of ether oxygens (including phenoxy) is 2. The van der Waals surface area contributed by atoms with Gasteiger partial charge in [0.25, 0.3) is 5.91 Å². The molecule has 5 nitrogen and oxygen atoms in total. The van der Waals surface area contributed by atoms with Gasteiger partial charge in [-0.3, -0.25) is 4.79 Å². The normalized spacial score (nSPS) is 11.0. The summed E-state index contributed by atoms with van der Waals surface area (Å²) < 4.78 is 24.9. The Bertz CT molecular complexity index is 1290. The first-order valence-electron chi connectivity index (χ1n) is 10.0. The molecule has 0 aliphatic carbocycles. The molecule has 34 heavy (non-hydrogen) atoms. The van der Waals surface area contributed by atoms with Gasteiger partial charge in [0.15, 0.2) is 11.5 Å². The number of benzene rings is 3. The number of nitrogens with one attached hydrogen (secondary N) is 1. The van der Waals surface area contributed by atoms with Crippen molar-refractivity contribution in [2.24, 2.45) is 0 Å². The Morgan fingerprint density at radius 3 is 2.53 bits per heavy atom. The van der Waals surface area contributed by atoms with Crippen molar-refractivity contribution in [3.05, 3.63) is 92.2 Å². The number of carbonyl (C=O) groups is 1. The quantitative estimate of drug-likeness (QED) is 0.250. The third-order valence-electron chi connectivity index (χ3n) is 4.46. The monoisotopic (exact) mass is 518 g/mol. The Balaban J connectivity index is 1.85. The van der Waals surface area contributed by atoms with E-state index >= 15 is 0 Å². The highest BCUT2D eigenvalue weighted by atomic mass is 35.5. The second-order valence-corrected chi connectivity index (χ2v) is 8.16. The minimum atomic E-state index is -0.638. The molecule has 3 aromatic carbocycles. The van der Waals surface area contributed by atoms with Crippen LogP contribution in [-0.2, 0) is 11.4 Å². The highest BCUT2D eigenvalue weighted by molar-refractivity contribution is 6.42. The van der Waals surface area contributed by atoms with E-state index in [0.717, 1.165) is 0 Å². The summed E-state index contributed by atoms with van der Waals surface area (Å²) in [6.07, 6.45) is 1.37. The molecule has 0 aromatic heterocycles. The number of rotatable bonds is 8. The molecule has 3 aromatic rings. The molecule has 0 fully saturated rings. The summed E-state index contributed by atoms with van der Waals surface area (Å²) in [5.74, 6) is -0.425. The van der Waals surface area contributed by atoms with E-state index in [-0.39, 0.29) is 33.8 Å². The van der Waals surface area contributed by atoms with Crippen molar-refractivity contribution in [2.75, 3.05) is 11.9 Å². The van der Waals surface area contributed by atoms with Crippen LogP contribution >= 0.6 is 34.8 Å². The van der Waals surface area contributed by atoms with Gasteiger partial charge in [-0.15, -0.1) is 0 Å². The average Bonchev–Trinajstić information content (AvgIpc) is 2.79. The van der Waals surface area contributed by atoms with E-state index in [2.05, 4.69) is 5.32 Å².